The molecule has 2 aromatic rings. The molecule has 144 valence electrons. The number of ether oxygens (including phenoxy) is 1. The van der Waals surface area contributed by atoms with Gasteiger partial charge < -0.3 is 15.8 Å². The van der Waals surface area contributed by atoms with E-state index in [4.69, 9.17) is 10.5 Å². The Bertz CT molecular complexity index is 729. The Balaban J connectivity index is 1.66. The maximum absolute atomic E-state index is 12.6. The third-order valence-corrected chi connectivity index (χ3v) is 5.18. The normalized spacial score (nSPS) is 16.7. The fraction of sp³-hybridized carbons (Fsp3) is 0.409. The first-order chi connectivity index (χ1) is 13.2. The number of nitrogens with zero attached hydrogens (tertiary/aromatic N) is 1. The molecule has 2 aromatic carbocycles. The molecule has 0 aliphatic carbocycles. The second-order valence-corrected chi connectivity index (χ2v) is 7.04. The zero-order chi connectivity index (χ0) is 19.1. The summed E-state index contributed by atoms with van der Waals surface area (Å²) >= 11 is 0. The average molecular weight is 367 g/mol. The first kappa shape index (κ1) is 19.4. The number of carbonyl (C=O) groups is 1. The number of rotatable bonds is 8. The second kappa shape index (κ2) is 9.53. The molecule has 0 spiro atoms. The number of nitrogens with two attached hydrogens (primary N) is 1. The van der Waals surface area contributed by atoms with Crippen molar-refractivity contribution in [1.82, 2.24) is 10.2 Å². The van der Waals surface area contributed by atoms with Crippen molar-refractivity contribution in [2.24, 2.45) is 5.73 Å². The largest absolute Gasteiger partial charge is 0.496 e. The Kier molecular flexibility index (Phi) is 6.85. The van der Waals surface area contributed by atoms with Gasteiger partial charge in [0.15, 0.2) is 0 Å². The molecule has 3 N–H and O–H groups in total. The van der Waals surface area contributed by atoms with Gasteiger partial charge in [0, 0.05) is 12.1 Å². The number of likely N-dealkylation sites (tertiary alicyclic amines) is 1. The molecule has 5 nitrogen and oxygen atoms in total. The van der Waals surface area contributed by atoms with E-state index in [1.54, 1.807) is 7.11 Å². The minimum absolute atomic E-state index is 0.0940. The molecule has 27 heavy (non-hydrogen) atoms. The summed E-state index contributed by atoms with van der Waals surface area (Å²) in [6, 6.07) is 17.5. The summed E-state index contributed by atoms with van der Waals surface area (Å²) in [5.41, 5.74) is 8.31. The third-order valence-electron chi connectivity index (χ3n) is 5.18. The lowest BCUT2D eigenvalue weighted by Gasteiger charge is -2.29. The van der Waals surface area contributed by atoms with Gasteiger partial charge in [-0.25, -0.2) is 0 Å². The molecule has 0 aromatic heterocycles. The number of benzene rings is 2. The van der Waals surface area contributed by atoms with Gasteiger partial charge in [0.05, 0.1) is 19.2 Å². The molecule has 5 heteroatoms. The Morgan fingerprint density at radius 1 is 1.11 bits per heavy atom. The quantitative estimate of drug-likeness (QED) is 0.752. The lowest BCUT2D eigenvalue weighted by atomic mass is 10.0. The van der Waals surface area contributed by atoms with Crippen LogP contribution in [0, 0.1) is 0 Å². The first-order valence-electron chi connectivity index (χ1n) is 9.63. The highest BCUT2D eigenvalue weighted by Crippen LogP contribution is 2.31. The molecule has 3 rings (SSSR count). The van der Waals surface area contributed by atoms with Gasteiger partial charge in [-0.05, 0) is 44.0 Å². The van der Waals surface area contributed by atoms with Crippen LogP contribution < -0.4 is 15.8 Å². The monoisotopic (exact) mass is 367 g/mol. The van der Waals surface area contributed by atoms with E-state index < -0.39 is 6.04 Å². The standard InChI is InChI=1S/C22H29N3O2/c1-27-21-12-6-5-11-18(21)20(25-13-7-8-14-25)16-24-22(26)19(23)15-17-9-3-2-4-10-17/h2-6,9-12,19-20H,7-8,13-16,23H2,1H3,(H,24,26). The van der Waals surface area contributed by atoms with Gasteiger partial charge in [0.1, 0.15) is 5.75 Å². The highest BCUT2D eigenvalue weighted by atomic mass is 16.5. The summed E-state index contributed by atoms with van der Waals surface area (Å²) in [5.74, 6) is 0.746. The molecule has 2 unspecified atom stereocenters. The molecule has 1 aliphatic heterocycles. The van der Waals surface area contributed by atoms with Crippen LogP contribution in [0.1, 0.15) is 30.0 Å². The van der Waals surface area contributed by atoms with E-state index in [1.165, 1.54) is 12.8 Å². The minimum atomic E-state index is -0.552. The van der Waals surface area contributed by atoms with Crippen molar-refractivity contribution in [3.05, 3.63) is 65.7 Å². The highest BCUT2D eigenvalue weighted by molar-refractivity contribution is 5.81. The van der Waals surface area contributed by atoms with Crippen molar-refractivity contribution in [2.75, 3.05) is 26.7 Å². The molecular weight excluding hydrogens is 338 g/mol. The Labute approximate surface area is 161 Å². The van der Waals surface area contributed by atoms with Crippen LogP contribution in [0.2, 0.25) is 0 Å². The van der Waals surface area contributed by atoms with Crippen LogP contribution in [0.25, 0.3) is 0 Å². The van der Waals surface area contributed by atoms with Crippen LogP contribution in [0.5, 0.6) is 5.75 Å². The van der Waals surface area contributed by atoms with Crippen molar-refractivity contribution in [2.45, 2.75) is 31.3 Å². The molecule has 0 saturated carbocycles. The van der Waals surface area contributed by atoms with E-state index in [2.05, 4.69) is 16.3 Å². The predicted molar refractivity (Wildman–Crippen MR) is 108 cm³/mol. The smallest absolute Gasteiger partial charge is 0.237 e. The lowest BCUT2D eigenvalue weighted by Crippen LogP contribution is -2.45. The highest BCUT2D eigenvalue weighted by Gasteiger charge is 2.27. The van der Waals surface area contributed by atoms with Crippen molar-refractivity contribution >= 4 is 5.91 Å². The molecule has 1 fully saturated rings. The molecule has 0 bridgehead atoms. The van der Waals surface area contributed by atoms with E-state index in [0.29, 0.717) is 13.0 Å². The molecular formula is C22H29N3O2. The molecule has 1 amide bonds. The number of amides is 1. The maximum atomic E-state index is 12.6. The summed E-state index contributed by atoms with van der Waals surface area (Å²) in [7, 11) is 1.69. The molecule has 1 heterocycles. The zero-order valence-corrected chi connectivity index (χ0v) is 15.9. The summed E-state index contributed by atoms with van der Waals surface area (Å²) in [6.07, 6.45) is 2.91. The Morgan fingerprint density at radius 2 is 1.78 bits per heavy atom. The SMILES string of the molecule is COc1ccccc1C(CNC(=O)C(N)Cc1ccccc1)N1CCCC1. The second-order valence-electron chi connectivity index (χ2n) is 7.04. The van der Waals surface area contributed by atoms with Crippen molar-refractivity contribution in [1.29, 1.82) is 0 Å². The van der Waals surface area contributed by atoms with Crippen molar-refractivity contribution < 1.29 is 9.53 Å². The van der Waals surface area contributed by atoms with Crippen LogP contribution in [0.3, 0.4) is 0 Å². The average Bonchev–Trinajstić information content (AvgIpc) is 3.23. The molecule has 1 saturated heterocycles. The van der Waals surface area contributed by atoms with Gasteiger partial charge in [-0.3, -0.25) is 9.69 Å². The predicted octanol–water partition coefficient (Wildman–Crippen LogP) is 2.52. The third kappa shape index (κ3) is 5.08. The fourth-order valence-corrected chi connectivity index (χ4v) is 3.72. The minimum Gasteiger partial charge on any atom is -0.496 e. The van der Waals surface area contributed by atoms with Crippen molar-refractivity contribution in [3.8, 4) is 5.75 Å². The van der Waals surface area contributed by atoms with E-state index in [1.807, 2.05) is 48.5 Å². The summed E-state index contributed by atoms with van der Waals surface area (Å²) in [5, 5.41) is 3.07. The number of hydrogen-bond donors (Lipinski definition) is 2. The summed E-state index contributed by atoms with van der Waals surface area (Å²) < 4.78 is 5.56. The van der Waals surface area contributed by atoms with E-state index in [-0.39, 0.29) is 11.9 Å². The van der Waals surface area contributed by atoms with Gasteiger partial charge >= 0.3 is 0 Å². The van der Waals surface area contributed by atoms with Crippen LogP contribution in [0.4, 0.5) is 0 Å². The van der Waals surface area contributed by atoms with Crippen LogP contribution in [-0.4, -0.2) is 43.6 Å². The number of methoxy groups -OCH3 is 1. The number of carbonyl (C=O) groups excluding carboxylic acids is 1. The maximum Gasteiger partial charge on any atom is 0.237 e. The number of nitrogens with one attached hydrogen (secondary N) is 1. The van der Waals surface area contributed by atoms with Crippen molar-refractivity contribution in [3.63, 3.8) is 0 Å². The topological polar surface area (TPSA) is 67.6 Å². The zero-order valence-electron chi connectivity index (χ0n) is 15.9. The Morgan fingerprint density at radius 3 is 2.48 bits per heavy atom. The van der Waals surface area contributed by atoms with Gasteiger partial charge in [0.2, 0.25) is 5.91 Å². The van der Waals surface area contributed by atoms with Crippen LogP contribution in [0.15, 0.2) is 54.6 Å². The van der Waals surface area contributed by atoms with Gasteiger partial charge in [-0.1, -0.05) is 48.5 Å². The van der Waals surface area contributed by atoms with Crippen LogP contribution in [-0.2, 0) is 11.2 Å². The van der Waals surface area contributed by atoms with Gasteiger partial charge in [-0.2, -0.15) is 0 Å². The Hall–Kier alpha value is -2.37. The van der Waals surface area contributed by atoms with Gasteiger partial charge in [0.25, 0.3) is 0 Å². The van der Waals surface area contributed by atoms with E-state index >= 15 is 0 Å². The summed E-state index contributed by atoms with van der Waals surface area (Å²) in [6.45, 7) is 2.60. The van der Waals surface area contributed by atoms with Crippen LogP contribution >= 0.6 is 0 Å². The lowest BCUT2D eigenvalue weighted by molar-refractivity contribution is -0.122. The van der Waals surface area contributed by atoms with E-state index in [0.717, 1.165) is 30.0 Å². The molecule has 1 aliphatic rings. The van der Waals surface area contributed by atoms with E-state index in [9.17, 15) is 4.79 Å². The summed E-state index contributed by atoms with van der Waals surface area (Å²) in [4.78, 5) is 15.0. The molecule has 0 radical (unpaired) electrons. The molecule has 2 atom stereocenters. The fourth-order valence-electron chi connectivity index (χ4n) is 3.72. The number of para-hydroxylation sites is 1. The van der Waals surface area contributed by atoms with Gasteiger partial charge in [-0.15, -0.1) is 0 Å². The first-order valence-corrected chi connectivity index (χ1v) is 9.63. The number of hydrogen-bond acceptors (Lipinski definition) is 4.